The molecule has 0 aliphatic carbocycles. The van der Waals surface area contributed by atoms with Gasteiger partial charge in [0.2, 0.25) is 0 Å². The number of aromatic hydroxyl groups is 1. The Morgan fingerprint density at radius 3 is 1.87 bits per heavy atom. The Morgan fingerprint density at radius 1 is 0.712 bits per heavy atom. The molecule has 0 aliphatic rings. The highest BCUT2D eigenvalue weighted by Crippen LogP contribution is 2.47. The number of azo groups is 2. The number of nitrogens with zero attached hydrogens (tertiary/aromatic N) is 4. The topological polar surface area (TPSA) is 306 Å². The molecule has 6 N–H and O–H groups in total. The van der Waals surface area contributed by atoms with Gasteiger partial charge in [0.05, 0.1) is 67.7 Å². The van der Waals surface area contributed by atoms with E-state index in [1.807, 2.05) is 0 Å². The van der Waals surface area contributed by atoms with Crippen LogP contribution in [-0.4, -0.2) is 65.8 Å². The first-order valence-electron chi connectivity index (χ1n) is 13.8. The van der Waals surface area contributed by atoms with E-state index in [2.05, 4.69) is 48.6 Å². The van der Waals surface area contributed by atoms with Crippen molar-refractivity contribution in [3.05, 3.63) is 66.7 Å². The summed E-state index contributed by atoms with van der Waals surface area (Å²) in [4.78, 5) is -0.104. The van der Waals surface area contributed by atoms with E-state index in [1.165, 1.54) is 66.7 Å². The maximum atomic E-state index is 12.5. The van der Waals surface area contributed by atoms with Crippen LogP contribution in [0.3, 0.4) is 0 Å². The maximum Gasteiger partial charge on any atom is 0.197 e. The number of rotatable bonds is 20. The minimum Gasteiger partial charge on any atom is -0.505 e. The van der Waals surface area contributed by atoms with Crippen LogP contribution in [0.1, 0.15) is 0 Å². The first-order chi connectivity index (χ1) is 24.9. The van der Waals surface area contributed by atoms with Crippen molar-refractivity contribution in [2.75, 3.05) is 29.6 Å². The predicted molar refractivity (Wildman–Crippen MR) is 182 cm³/mol. The zero-order valence-electron chi connectivity index (χ0n) is 25.8. The molecule has 0 saturated heterocycles. The standard InChI is InChI=1S/C26H25N5O16S5/c27-22-10-9-20-21(24(22)30-28-16-1-5-18(6-2-16)51(37,38)13-11-41-49-46-43-34)15-23(48-45-42-33)25(26(20)32)31-29-17-3-7-19(8-4-17)52(39,40)14-12-50(36)47-44-35/h1-10,15,32-35H,11-14,27H2/b30-28+,31-29+. The summed E-state index contributed by atoms with van der Waals surface area (Å²) < 4.78 is 78.9. The first-order valence-corrected chi connectivity index (χ1v) is 19.7. The smallest absolute Gasteiger partial charge is 0.197 e. The van der Waals surface area contributed by atoms with Crippen molar-refractivity contribution in [2.24, 2.45) is 20.5 Å². The minimum atomic E-state index is -3.90. The summed E-state index contributed by atoms with van der Waals surface area (Å²) in [6, 6.07) is 14.9. The van der Waals surface area contributed by atoms with Crippen LogP contribution in [0.25, 0.3) is 10.8 Å². The van der Waals surface area contributed by atoms with E-state index >= 15 is 0 Å². The SMILES string of the molecule is Nc1ccc2c(O)c(/N=N/c3ccc(S(=O)(=O)CCS(=O)OOO)cc3)c(SOOO)cc2c1/N=N/c1ccc(S(=O)(=O)CCOSOOO)cc1. The Labute approximate surface area is 304 Å². The Balaban J connectivity index is 1.59. The normalized spacial score (nSPS) is 13.1. The van der Waals surface area contributed by atoms with Gasteiger partial charge in [0.1, 0.15) is 11.4 Å². The molecule has 0 spiro atoms. The second-order valence-corrected chi connectivity index (χ2v) is 16.2. The lowest BCUT2D eigenvalue weighted by Crippen LogP contribution is -2.14. The number of sulfone groups is 2. The molecule has 0 saturated carbocycles. The highest BCUT2D eigenvalue weighted by Gasteiger charge is 2.20. The lowest BCUT2D eigenvalue weighted by Gasteiger charge is -2.11. The largest absolute Gasteiger partial charge is 0.505 e. The fourth-order valence-corrected chi connectivity index (χ4v) is 8.33. The Bertz CT molecular complexity index is 2140. The van der Waals surface area contributed by atoms with Gasteiger partial charge < -0.3 is 10.8 Å². The van der Waals surface area contributed by atoms with Crippen molar-refractivity contribution in [1.29, 1.82) is 0 Å². The van der Waals surface area contributed by atoms with Crippen molar-refractivity contribution in [1.82, 2.24) is 0 Å². The lowest BCUT2D eigenvalue weighted by molar-refractivity contribution is -0.434. The molecule has 52 heavy (non-hydrogen) atoms. The third kappa shape index (κ3) is 11.1. The van der Waals surface area contributed by atoms with Gasteiger partial charge in [-0.15, -0.1) is 23.2 Å². The van der Waals surface area contributed by atoms with Gasteiger partial charge in [-0.1, -0.05) is 15.1 Å². The van der Waals surface area contributed by atoms with E-state index in [-0.39, 0.29) is 72.8 Å². The Hall–Kier alpha value is -3.71. The van der Waals surface area contributed by atoms with E-state index in [4.69, 9.17) is 25.7 Å². The number of benzene rings is 4. The highest BCUT2D eigenvalue weighted by molar-refractivity contribution is 7.94. The van der Waals surface area contributed by atoms with Crippen LogP contribution in [-0.2, 0) is 63.1 Å². The molecule has 26 heteroatoms. The van der Waals surface area contributed by atoms with Crippen molar-refractivity contribution in [2.45, 2.75) is 14.7 Å². The number of nitrogens with two attached hydrogens (primary N) is 1. The summed E-state index contributed by atoms with van der Waals surface area (Å²) in [7, 11) is -7.65. The van der Waals surface area contributed by atoms with Crippen molar-refractivity contribution in [3.63, 3.8) is 0 Å². The van der Waals surface area contributed by atoms with Crippen LogP contribution in [0.15, 0.2) is 102 Å². The van der Waals surface area contributed by atoms with Gasteiger partial charge in [0.25, 0.3) is 0 Å². The third-order valence-corrected chi connectivity index (χ3v) is 11.9. The molecule has 0 fully saturated rings. The number of hydrogen-bond acceptors (Lipinski definition) is 23. The zero-order chi connectivity index (χ0) is 37.7. The fraction of sp³-hybridized carbons (Fsp3) is 0.154. The van der Waals surface area contributed by atoms with Crippen LogP contribution in [0.2, 0.25) is 0 Å². The minimum absolute atomic E-state index is 0.0278. The Kier molecular flexibility index (Phi) is 15.3. The molecule has 0 radical (unpaired) electrons. The molecule has 4 aromatic carbocycles. The Morgan fingerprint density at radius 2 is 1.29 bits per heavy atom. The van der Waals surface area contributed by atoms with Gasteiger partial charge in [0, 0.05) is 10.8 Å². The molecular formula is C26H25N5O16S5. The molecule has 280 valence electrons. The van der Waals surface area contributed by atoms with Crippen LogP contribution < -0.4 is 5.73 Å². The first kappa shape index (κ1) is 41.1. The van der Waals surface area contributed by atoms with E-state index < -0.39 is 53.8 Å². The second kappa shape index (κ2) is 19.4. The molecule has 1 atom stereocenters. The van der Waals surface area contributed by atoms with Crippen molar-refractivity contribution < 1.29 is 74.2 Å². The molecule has 0 amide bonds. The average molecular weight is 824 g/mol. The lowest BCUT2D eigenvalue weighted by atomic mass is 10.1. The summed E-state index contributed by atoms with van der Waals surface area (Å²) in [5.41, 5.74) is 6.69. The van der Waals surface area contributed by atoms with E-state index in [0.29, 0.717) is 12.0 Å². The molecule has 0 aliphatic heterocycles. The summed E-state index contributed by atoms with van der Waals surface area (Å²) in [5, 5.41) is 63.5. The maximum absolute atomic E-state index is 12.5. The van der Waals surface area contributed by atoms with Gasteiger partial charge in [-0.25, -0.2) is 36.8 Å². The highest BCUT2D eigenvalue weighted by atomic mass is 32.2. The predicted octanol–water partition coefficient (Wildman–Crippen LogP) is 6.02. The van der Waals surface area contributed by atoms with Crippen LogP contribution in [0.5, 0.6) is 5.75 Å². The van der Waals surface area contributed by atoms with Gasteiger partial charge in [0.15, 0.2) is 48.8 Å². The van der Waals surface area contributed by atoms with Gasteiger partial charge in [-0.2, -0.15) is 10.2 Å². The number of phenolic OH excluding ortho intramolecular Hbond substituents is 1. The number of anilines is 1. The van der Waals surface area contributed by atoms with Crippen LogP contribution >= 0.6 is 24.4 Å². The molecule has 4 rings (SSSR count). The number of phenols is 1. The average Bonchev–Trinajstić information content (AvgIpc) is 3.13. The van der Waals surface area contributed by atoms with Crippen molar-refractivity contribution in [3.8, 4) is 5.75 Å². The molecule has 0 bridgehead atoms. The second-order valence-electron chi connectivity index (χ2n) is 9.60. The summed E-state index contributed by atoms with van der Waals surface area (Å²) in [5.74, 6) is -1.88. The summed E-state index contributed by atoms with van der Waals surface area (Å²) >= 11 is -1.51. The molecule has 21 nitrogen and oxygen atoms in total. The van der Waals surface area contributed by atoms with Crippen molar-refractivity contribution >= 4 is 94.3 Å². The zero-order valence-corrected chi connectivity index (χ0v) is 29.9. The number of fused-ring (bicyclic) bond motifs is 1. The van der Waals surface area contributed by atoms with E-state index in [1.54, 1.807) is 0 Å². The molecule has 4 aromatic rings. The molecule has 0 aromatic heterocycles. The van der Waals surface area contributed by atoms with Gasteiger partial charge in [-0.05, 0) is 66.7 Å². The number of nitrogen functional groups attached to an aromatic ring is 1. The molecular weight excluding hydrogens is 799 g/mol. The molecule has 1 unspecified atom stereocenters. The van der Waals surface area contributed by atoms with E-state index in [9.17, 15) is 26.2 Å². The number of hydrogen-bond donors (Lipinski definition) is 5. The van der Waals surface area contributed by atoms with Gasteiger partial charge >= 0.3 is 0 Å². The van der Waals surface area contributed by atoms with E-state index in [0.717, 1.165) is 0 Å². The quantitative estimate of drug-likeness (QED) is 0.0170. The summed E-state index contributed by atoms with van der Waals surface area (Å²) in [6.07, 6.45) is 0. The fourth-order valence-electron chi connectivity index (χ4n) is 4.09. The summed E-state index contributed by atoms with van der Waals surface area (Å²) in [6.45, 7) is -0.267. The van der Waals surface area contributed by atoms with Crippen LogP contribution in [0.4, 0.5) is 28.4 Å². The van der Waals surface area contributed by atoms with Gasteiger partial charge in [-0.3, -0.25) is 4.18 Å². The third-order valence-electron chi connectivity index (χ3n) is 6.48. The van der Waals surface area contributed by atoms with Crippen LogP contribution in [0, 0.1) is 0 Å². The monoisotopic (exact) mass is 823 g/mol. The molecule has 0 heterocycles.